The zero-order valence-corrected chi connectivity index (χ0v) is 13.6. The summed E-state index contributed by atoms with van der Waals surface area (Å²) in [6.45, 7) is 5.01. The van der Waals surface area contributed by atoms with Crippen LogP contribution in [0.3, 0.4) is 0 Å². The molecule has 2 heterocycles. The molecule has 0 saturated heterocycles. The van der Waals surface area contributed by atoms with Gasteiger partial charge in [0, 0.05) is 13.0 Å². The van der Waals surface area contributed by atoms with E-state index < -0.39 is 0 Å². The largest absolute Gasteiger partial charge is 0.301 e. The highest BCUT2D eigenvalue weighted by Crippen LogP contribution is 2.20. The highest BCUT2D eigenvalue weighted by Gasteiger charge is 2.24. The molecule has 1 aromatic carbocycles. The van der Waals surface area contributed by atoms with Crippen LogP contribution in [0, 0.1) is 5.92 Å². The zero-order valence-electron chi connectivity index (χ0n) is 12.8. The van der Waals surface area contributed by atoms with Crippen LogP contribution >= 0.6 is 11.3 Å². The minimum absolute atomic E-state index is 0.0400. The van der Waals surface area contributed by atoms with E-state index in [1.807, 2.05) is 12.1 Å². The molecule has 1 unspecified atom stereocenters. The molecule has 0 bridgehead atoms. The van der Waals surface area contributed by atoms with Gasteiger partial charge in [-0.05, 0) is 23.5 Å². The summed E-state index contributed by atoms with van der Waals surface area (Å²) in [6.07, 6.45) is 1.60. The van der Waals surface area contributed by atoms with Crippen LogP contribution in [-0.4, -0.2) is 22.1 Å². The molecule has 0 aliphatic carbocycles. The van der Waals surface area contributed by atoms with Gasteiger partial charge in [-0.1, -0.05) is 49.4 Å². The summed E-state index contributed by atoms with van der Waals surface area (Å²) < 4.78 is 0. The van der Waals surface area contributed by atoms with Crippen LogP contribution in [0.1, 0.15) is 30.0 Å². The first-order valence-electron chi connectivity index (χ1n) is 7.55. The lowest BCUT2D eigenvalue weighted by Gasteiger charge is -2.24. The van der Waals surface area contributed by atoms with E-state index in [4.69, 9.17) is 0 Å². The monoisotopic (exact) mass is 316 g/mol. The molecule has 6 heteroatoms. The van der Waals surface area contributed by atoms with Crippen LogP contribution in [0.5, 0.6) is 0 Å². The number of anilines is 1. The number of rotatable bonds is 4. The van der Waals surface area contributed by atoms with E-state index in [-0.39, 0.29) is 11.9 Å². The molecule has 116 valence electrons. The number of hydrogen-bond donors (Lipinski definition) is 2. The third-order valence-electron chi connectivity index (χ3n) is 3.68. The Balaban J connectivity index is 1.62. The molecule has 2 N–H and O–H groups in total. The highest BCUT2D eigenvalue weighted by atomic mass is 32.1. The number of hydrogen-bond acceptors (Lipinski definition) is 5. The molecule has 1 amide bonds. The van der Waals surface area contributed by atoms with Gasteiger partial charge in [0.05, 0.1) is 6.04 Å². The minimum atomic E-state index is -0.215. The third kappa shape index (κ3) is 3.51. The van der Waals surface area contributed by atoms with Crippen LogP contribution in [0.15, 0.2) is 24.3 Å². The number of carbonyl (C=O) groups is 1. The highest BCUT2D eigenvalue weighted by molar-refractivity contribution is 7.15. The van der Waals surface area contributed by atoms with Crippen molar-refractivity contribution in [3.05, 3.63) is 40.4 Å². The van der Waals surface area contributed by atoms with Crippen molar-refractivity contribution in [1.29, 1.82) is 0 Å². The van der Waals surface area contributed by atoms with E-state index >= 15 is 0 Å². The number of nitrogens with zero attached hydrogens (tertiary/aromatic N) is 2. The number of amides is 1. The second kappa shape index (κ2) is 6.54. The molecule has 0 spiro atoms. The minimum Gasteiger partial charge on any atom is -0.301 e. The normalized spacial score (nSPS) is 17.3. The maximum Gasteiger partial charge on any atom is 0.243 e. The summed E-state index contributed by atoms with van der Waals surface area (Å²) in [7, 11) is 0. The summed E-state index contributed by atoms with van der Waals surface area (Å²) in [5.41, 5.74) is 2.50. The van der Waals surface area contributed by atoms with E-state index in [0.29, 0.717) is 17.5 Å². The van der Waals surface area contributed by atoms with Crippen LogP contribution < -0.4 is 10.6 Å². The van der Waals surface area contributed by atoms with Crippen LogP contribution in [-0.2, 0) is 24.2 Å². The van der Waals surface area contributed by atoms with Crippen molar-refractivity contribution in [3.8, 4) is 0 Å². The van der Waals surface area contributed by atoms with Crippen molar-refractivity contribution in [1.82, 2.24) is 15.5 Å². The molecule has 1 aliphatic rings. The fourth-order valence-corrected chi connectivity index (χ4v) is 3.52. The first-order valence-corrected chi connectivity index (χ1v) is 8.37. The smallest absolute Gasteiger partial charge is 0.243 e. The van der Waals surface area contributed by atoms with Crippen LogP contribution in [0.2, 0.25) is 0 Å². The van der Waals surface area contributed by atoms with Crippen LogP contribution in [0.25, 0.3) is 0 Å². The second-order valence-corrected chi connectivity index (χ2v) is 7.06. The molecule has 0 saturated carbocycles. The fraction of sp³-hybridized carbons (Fsp3) is 0.438. The number of carbonyl (C=O) groups excluding carboxylic acids is 1. The molecule has 1 aliphatic heterocycles. The van der Waals surface area contributed by atoms with E-state index in [1.54, 1.807) is 0 Å². The maximum absolute atomic E-state index is 12.4. The van der Waals surface area contributed by atoms with E-state index in [1.165, 1.54) is 22.5 Å². The molecule has 1 atom stereocenters. The average molecular weight is 316 g/mol. The average Bonchev–Trinajstić information content (AvgIpc) is 2.93. The van der Waals surface area contributed by atoms with Gasteiger partial charge in [0.2, 0.25) is 11.0 Å². The van der Waals surface area contributed by atoms with Crippen molar-refractivity contribution < 1.29 is 4.79 Å². The number of fused-ring (bicyclic) bond motifs is 1. The van der Waals surface area contributed by atoms with Crippen molar-refractivity contribution in [3.63, 3.8) is 0 Å². The Morgan fingerprint density at radius 3 is 2.91 bits per heavy atom. The number of nitrogens with one attached hydrogen (secondary N) is 2. The predicted molar refractivity (Wildman–Crippen MR) is 87.9 cm³/mol. The Hall–Kier alpha value is -1.79. The molecule has 0 fully saturated rings. The van der Waals surface area contributed by atoms with Crippen molar-refractivity contribution in [2.24, 2.45) is 5.92 Å². The van der Waals surface area contributed by atoms with Crippen LogP contribution in [0.4, 0.5) is 5.13 Å². The predicted octanol–water partition coefficient (Wildman–Crippen LogP) is 2.39. The summed E-state index contributed by atoms with van der Waals surface area (Å²) in [5.74, 6) is 0.495. The summed E-state index contributed by atoms with van der Waals surface area (Å²) in [6, 6.07) is 8.01. The number of aromatic nitrogens is 2. The van der Waals surface area contributed by atoms with Gasteiger partial charge in [0.1, 0.15) is 5.01 Å². The Bertz CT molecular complexity index is 668. The second-order valence-electron chi connectivity index (χ2n) is 5.99. The molecule has 1 aromatic heterocycles. The molecule has 3 rings (SSSR count). The Morgan fingerprint density at radius 1 is 1.36 bits per heavy atom. The lowest BCUT2D eigenvalue weighted by Crippen LogP contribution is -2.44. The van der Waals surface area contributed by atoms with Gasteiger partial charge in [-0.3, -0.25) is 10.1 Å². The SMILES string of the molecule is CC(C)Cc1nnc(NC(=O)C2Cc3ccccc3CN2)s1. The van der Waals surface area contributed by atoms with Gasteiger partial charge >= 0.3 is 0 Å². The quantitative estimate of drug-likeness (QED) is 0.909. The van der Waals surface area contributed by atoms with Gasteiger partial charge in [-0.15, -0.1) is 10.2 Å². The Kier molecular flexibility index (Phi) is 4.49. The van der Waals surface area contributed by atoms with Crippen molar-refractivity contribution in [2.75, 3.05) is 5.32 Å². The first kappa shape index (κ1) is 15.1. The standard InChI is InChI=1S/C16H20N4OS/c1-10(2)7-14-19-20-16(22-14)18-15(21)13-8-11-5-3-4-6-12(11)9-17-13/h3-6,10,13,17H,7-9H2,1-2H3,(H,18,20,21). The van der Waals surface area contributed by atoms with E-state index in [0.717, 1.165) is 18.0 Å². The first-order chi connectivity index (χ1) is 10.6. The third-order valence-corrected chi connectivity index (χ3v) is 4.54. The molecule has 0 radical (unpaired) electrons. The Morgan fingerprint density at radius 2 is 2.14 bits per heavy atom. The summed E-state index contributed by atoms with van der Waals surface area (Å²) in [4.78, 5) is 12.4. The lowest BCUT2D eigenvalue weighted by molar-refractivity contribution is -0.118. The van der Waals surface area contributed by atoms with Crippen molar-refractivity contribution >= 4 is 22.4 Å². The maximum atomic E-state index is 12.4. The molecule has 22 heavy (non-hydrogen) atoms. The van der Waals surface area contributed by atoms with Gasteiger partial charge in [-0.25, -0.2) is 0 Å². The van der Waals surface area contributed by atoms with E-state index in [2.05, 4.69) is 46.8 Å². The molecule has 2 aromatic rings. The fourth-order valence-electron chi connectivity index (χ4n) is 2.57. The molecule has 5 nitrogen and oxygen atoms in total. The number of benzene rings is 1. The van der Waals surface area contributed by atoms with Gasteiger partial charge in [0.25, 0.3) is 0 Å². The summed E-state index contributed by atoms with van der Waals surface area (Å²) >= 11 is 1.46. The van der Waals surface area contributed by atoms with Gasteiger partial charge < -0.3 is 5.32 Å². The van der Waals surface area contributed by atoms with Gasteiger partial charge in [0.15, 0.2) is 0 Å². The van der Waals surface area contributed by atoms with Gasteiger partial charge in [-0.2, -0.15) is 0 Å². The Labute approximate surface area is 134 Å². The summed E-state index contributed by atoms with van der Waals surface area (Å²) in [5, 5.41) is 15.9. The zero-order chi connectivity index (χ0) is 15.5. The topological polar surface area (TPSA) is 66.9 Å². The molecular weight excluding hydrogens is 296 g/mol. The molecular formula is C16H20N4OS. The lowest BCUT2D eigenvalue weighted by atomic mass is 9.95. The van der Waals surface area contributed by atoms with E-state index in [9.17, 15) is 4.79 Å². The van der Waals surface area contributed by atoms with Crippen molar-refractivity contribution in [2.45, 2.75) is 39.3 Å².